The molecule has 29 heavy (non-hydrogen) atoms. The molecule has 154 valence electrons. The first kappa shape index (κ1) is 21.4. The summed E-state index contributed by atoms with van der Waals surface area (Å²) in [6.07, 6.45) is -0.252. The lowest BCUT2D eigenvalue weighted by Gasteiger charge is -2.19. The molecular formula is C23H28FN3OS. The number of hydrogen-bond acceptors (Lipinski definition) is 4. The van der Waals surface area contributed by atoms with Crippen molar-refractivity contribution in [2.45, 2.75) is 63.6 Å². The Kier molecular flexibility index (Phi) is 6.96. The van der Waals surface area contributed by atoms with E-state index in [4.69, 9.17) is 4.74 Å². The third kappa shape index (κ3) is 5.18. The molecule has 0 saturated carbocycles. The lowest BCUT2D eigenvalue weighted by molar-refractivity contribution is 0.207. The Labute approximate surface area is 176 Å². The van der Waals surface area contributed by atoms with Gasteiger partial charge in [-0.05, 0) is 56.0 Å². The SMILES string of the molecule is CC(C)c1ccc(OC(C)c2nnc(SCc3ccccc3F)n2C(C)C)cc1. The van der Waals surface area contributed by atoms with Gasteiger partial charge in [0.05, 0.1) is 0 Å². The van der Waals surface area contributed by atoms with Crippen LogP contribution in [0, 0.1) is 5.82 Å². The fourth-order valence-electron chi connectivity index (χ4n) is 3.10. The normalized spacial score (nSPS) is 12.6. The largest absolute Gasteiger partial charge is 0.483 e. The Bertz CT molecular complexity index is 938. The van der Waals surface area contributed by atoms with E-state index < -0.39 is 0 Å². The van der Waals surface area contributed by atoms with E-state index in [0.717, 1.165) is 16.7 Å². The van der Waals surface area contributed by atoms with Gasteiger partial charge in [-0.15, -0.1) is 10.2 Å². The van der Waals surface area contributed by atoms with Gasteiger partial charge in [0, 0.05) is 11.8 Å². The topological polar surface area (TPSA) is 39.9 Å². The van der Waals surface area contributed by atoms with E-state index in [1.165, 1.54) is 23.4 Å². The fraction of sp³-hybridized carbons (Fsp3) is 0.391. The van der Waals surface area contributed by atoms with Crippen LogP contribution in [0.25, 0.3) is 0 Å². The molecule has 6 heteroatoms. The number of nitrogens with zero attached hydrogens (tertiary/aromatic N) is 3. The first-order valence-corrected chi connectivity index (χ1v) is 10.9. The Morgan fingerprint density at radius 1 is 0.966 bits per heavy atom. The van der Waals surface area contributed by atoms with Gasteiger partial charge in [-0.25, -0.2) is 4.39 Å². The highest BCUT2D eigenvalue weighted by Crippen LogP contribution is 2.30. The van der Waals surface area contributed by atoms with E-state index in [9.17, 15) is 4.39 Å². The molecule has 1 atom stereocenters. The molecule has 3 rings (SSSR count). The highest BCUT2D eigenvalue weighted by Gasteiger charge is 2.22. The second-order valence-electron chi connectivity index (χ2n) is 7.67. The fourth-order valence-corrected chi connectivity index (χ4v) is 4.16. The molecule has 0 radical (unpaired) electrons. The second kappa shape index (κ2) is 9.44. The van der Waals surface area contributed by atoms with Crippen LogP contribution < -0.4 is 4.74 Å². The summed E-state index contributed by atoms with van der Waals surface area (Å²) in [6, 6.07) is 15.2. The van der Waals surface area contributed by atoms with Crippen molar-refractivity contribution in [3.05, 3.63) is 71.3 Å². The maximum atomic E-state index is 13.9. The average Bonchev–Trinajstić information content (AvgIpc) is 3.12. The number of halogens is 1. The predicted octanol–water partition coefficient (Wildman–Crippen LogP) is 6.55. The second-order valence-corrected chi connectivity index (χ2v) is 8.61. The van der Waals surface area contributed by atoms with Crippen LogP contribution in [-0.4, -0.2) is 14.8 Å². The van der Waals surface area contributed by atoms with Crippen molar-refractivity contribution in [2.24, 2.45) is 0 Å². The third-order valence-electron chi connectivity index (χ3n) is 4.75. The third-order valence-corrected chi connectivity index (χ3v) is 5.74. The molecule has 0 aliphatic carbocycles. The summed E-state index contributed by atoms with van der Waals surface area (Å²) >= 11 is 1.49. The smallest absolute Gasteiger partial charge is 0.191 e. The van der Waals surface area contributed by atoms with Crippen LogP contribution in [0.15, 0.2) is 53.7 Å². The zero-order valence-electron chi connectivity index (χ0n) is 17.6. The molecule has 0 spiro atoms. The van der Waals surface area contributed by atoms with E-state index >= 15 is 0 Å². The van der Waals surface area contributed by atoms with Crippen molar-refractivity contribution in [2.75, 3.05) is 0 Å². The Morgan fingerprint density at radius 2 is 1.66 bits per heavy atom. The van der Waals surface area contributed by atoms with Gasteiger partial charge in [0.15, 0.2) is 17.1 Å². The minimum atomic E-state index is -0.252. The summed E-state index contributed by atoms with van der Waals surface area (Å²) in [7, 11) is 0. The van der Waals surface area contributed by atoms with Crippen molar-refractivity contribution >= 4 is 11.8 Å². The Hall–Kier alpha value is -2.34. The molecule has 2 aromatic carbocycles. The van der Waals surface area contributed by atoms with Crippen molar-refractivity contribution in [3.63, 3.8) is 0 Å². The maximum absolute atomic E-state index is 13.9. The summed E-state index contributed by atoms with van der Waals surface area (Å²) in [5.74, 6) is 2.37. The van der Waals surface area contributed by atoms with E-state index in [1.807, 2.05) is 25.1 Å². The van der Waals surface area contributed by atoms with Crippen LogP contribution >= 0.6 is 11.8 Å². The first-order valence-electron chi connectivity index (χ1n) is 9.94. The van der Waals surface area contributed by atoms with Crippen molar-refractivity contribution in [1.29, 1.82) is 0 Å². The number of rotatable bonds is 8. The quantitative estimate of drug-likeness (QED) is 0.392. The van der Waals surface area contributed by atoms with E-state index in [1.54, 1.807) is 12.1 Å². The molecule has 3 aromatic rings. The summed E-state index contributed by atoms with van der Waals surface area (Å²) in [5.41, 5.74) is 1.94. The maximum Gasteiger partial charge on any atom is 0.191 e. The van der Waals surface area contributed by atoms with Crippen LogP contribution in [0.1, 0.15) is 69.6 Å². The predicted molar refractivity (Wildman–Crippen MR) is 116 cm³/mol. The lowest BCUT2D eigenvalue weighted by Crippen LogP contribution is -2.14. The summed E-state index contributed by atoms with van der Waals surface area (Å²) in [6.45, 7) is 10.5. The van der Waals surface area contributed by atoms with Crippen LogP contribution in [0.3, 0.4) is 0 Å². The van der Waals surface area contributed by atoms with Gasteiger partial charge in [0.1, 0.15) is 11.6 Å². The zero-order chi connectivity index (χ0) is 21.0. The number of ether oxygens (including phenoxy) is 1. The molecule has 0 amide bonds. The monoisotopic (exact) mass is 413 g/mol. The number of hydrogen-bond donors (Lipinski definition) is 0. The van der Waals surface area contributed by atoms with Crippen LogP contribution in [0.2, 0.25) is 0 Å². The minimum absolute atomic E-state index is 0.164. The van der Waals surface area contributed by atoms with Gasteiger partial charge in [0.2, 0.25) is 0 Å². The Morgan fingerprint density at radius 3 is 2.28 bits per heavy atom. The number of benzene rings is 2. The molecular weight excluding hydrogens is 385 g/mol. The van der Waals surface area contributed by atoms with Crippen molar-refractivity contribution in [1.82, 2.24) is 14.8 Å². The molecule has 1 heterocycles. The van der Waals surface area contributed by atoms with E-state index in [0.29, 0.717) is 17.2 Å². The van der Waals surface area contributed by atoms with Gasteiger partial charge < -0.3 is 9.30 Å². The minimum Gasteiger partial charge on any atom is -0.483 e. The molecule has 0 aliphatic rings. The molecule has 0 bridgehead atoms. The number of thioether (sulfide) groups is 1. The zero-order valence-corrected chi connectivity index (χ0v) is 18.4. The van der Waals surface area contributed by atoms with Gasteiger partial charge in [0.25, 0.3) is 0 Å². The molecule has 4 nitrogen and oxygen atoms in total. The average molecular weight is 414 g/mol. The van der Waals surface area contributed by atoms with Crippen molar-refractivity contribution < 1.29 is 9.13 Å². The van der Waals surface area contributed by atoms with Crippen LogP contribution in [0.5, 0.6) is 5.75 Å². The van der Waals surface area contributed by atoms with Gasteiger partial charge in [-0.1, -0.05) is 55.9 Å². The highest BCUT2D eigenvalue weighted by molar-refractivity contribution is 7.98. The van der Waals surface area contributed by atoms with Gasteiger partial charge in [-0.3, -0.25) is 0 Å². The number of aromatic nitrogens is 3. The standard InChI is InChI=1S/C23H28FN3OS/c1-15(2)18-10-12-20(13-11-18)28-17(5)22-25-26-23(27(22)16(3)4)29-14-19-8-6-7-9-21(19)24/h6-13,15-17H,14H2,1-5H3. The summed E-state index contributed by atoms with van der Waals surface area (Å²) in [4.78, 5) is 0. The molecule has 0 fully saturated rings. The highest BCUT2D eigenvalue weighted by atomic mass is 32.2. The lowest BCUT2D eigenvalue weighted by atomic mass is 10.0. The molecule has 1 unspecified atom stereocenters. The van der Waals surface area contributed by atoms with Crippen LogP contribution in [-0.2, 0) is 5.75 Å². The van der Waals surface area contributed by atoms with Crippen molar-refractivity contribution in [3.8, 4) is 5.75 Å². The molecule has 1 aromatic heterocycles. The summed E-state index contributed by atoms with van der Waals surface area (Å²) in [5, 5.41) is 9.51. The first-order chi connectivity index (χ1) is 13.9. The van der Waals surface area contributed by atoms with Gasteiger partial charge in [-0.2, -0.15) is 0 Å². The van der Waals surface area contributed by atoms with Crippen LogP contribution in [0.4, 0.5) is 4.39 Å². The molecule has 0 aliphatic heterocycles. The van der Waals surface area contributed by atoms with Gasteiger partial charge >= 0.3 is 0 Å². The summed E-state index contributed by atoms with van der Waals surface area (Å²) < 4.78 is 22.1. The molecule has 0 saturated heterocycles. The Balaban J connectivity index is 1.75. The van der Waals surface area contributed by atoms with E-state index in [-0.39, 0.29) is 18.0 Å². The molecule has 0 N–H and O–H groups in total. The van der Waals surface area contributed by atoms with E-state index in [2.05, 4.69) is 54.6 Å².